The number of carboxylic acids is 1. The summed E-state index contributed by atoms with van der Waals surface area (Å²) in [5, 5.41) is 23.1. The van der Waals surface area contributed by atoms with Crippen molar-refractivity contribution in [2.24, 2.45) is 5.92 Å². The van der Waals surface area contributed by atoms with E-state index in [2.05, 4.69) is 5.32 Å². The molecule has 1 amide bonds. The van der Waals surface area contributed by atoms with Crippen LogP contribution in [0.2, 0.25) is 0 Å². The van der Waals surface area contributed by atoms with Crippen molar-refractivity contribution in [2.45, 2.75) is 45.1 Å². The Morgan fingerprint density at radius 3 is 2.70 bits per heavy atom. The third kappa shape index (κ3) is 3.49. The molecule has 1 aliphatic rings. The molecule has 0 saturated heterocycles. The Labute approximate surface area is 133 Å². The molecule has 1 saturated carbocycles. The number of nitrogens with zero attached hydrogens (tertiary/aromatic N) is 1. The molecule has 1 aliphatic carbocycles. The standard InChI is InChI=1S/C16H20N2O5/c1-10-6-7-11(18(22)23)9-12(10)14(19)17-16(2)8-4-3-5-13(16)15(20)21/h6-7,9,13H,3-5,8H2,1-2H3,(H,17,19)(H,20,21). The van der Waals surface area contributed by atoms with Crippen molar-refractivity contribution in [1.29, 1.82) is 0 Å². The van der Waals surface area contributed by atoms with E-state index in [0.29, 0.717) is 18.4 Å². The summed E-state index contributed by atoms with van der Waals surface area (Å²) >= 11 is 0. The van der Waals surface area contributed by atoms with Gasteiger partial charge in [-0.05, 0) is 32.3 Å². The number of carbonyl (C=O) groups is 2. The maximum Gasteiger partial charge on any atom is 0.308 e. The zero-order chi connectivity index (χ0) is 17.2. The van der Waals surface area contributed by atoms with Gasteiger partial charge in [-0.3, -0.25) is 19.7 Å². The highest BCUT2D eigenvalue weighted by Gasteiger charge is 2.42. The first-order chi connectivity index (χ1) is 10.7. The van der Waals surface area contributed by atoms with Crippen LogP contribution in [0.15, 0.2) is 18.2 Å². The van der Waals surface area contributed by atoms with Crippen LogP contribution in [0.4, 0.5) is 5.69 Å². The molecule has 0 radical (unpaired) electrons. The Balaban J connectivity index is 2.28. The summed E-state index contributed by atoms with van der Waals surface area (Å²) in [4.78, 5) is 34.3. The van der Waals surface area contributed by atoms with E-state index in [9.17, 15) is 24.8 Å². The van der Waals surface area contributed by atoms with Crippen molar-refractivity contribution in [3.63, 3.8) is 0 Å². The van der Waals surface area contributed by atoms with Gasteiger partial charge in [0, 0.05) is 17.7 Å². The zero-order valence-corrected chi connectivity index (χ0v) is 13.2. The van der Waals surface area contributed by atoms with E-state index in [1.807, 2.05) is 0 Å². The molecule has 1 aromatic rings. The quantitative estimate of drug-likeness (QED) is 0.654. The Kier molecular flexibility index (Phi) is 4.68. The van der Waals surface area contributed by atoms with Gasteiger partial charge in [0.25, 0.3) is 11.6 Å². The SMILES string of the molecule is Cc1ccc([N+](=O)[O-])cc1C(=O)NC1(C)CCCCC1C(=O)O. The maximum absolute atomic E-state index is 12.6. The Hall–Kier alpha value is -2.44. The molecule has 2 unspecified atom stereocenters. The molecule has 0 heterocycles. The molecule has 7 heteroatoms. The number of nitro benzene ring substituents is 1. The fraction of sp³-hybridized carbons (Fsp3) is 0.500. The average Bonchev–Trinajstić information content (AvgIpc) is 2.46. The van der Waals surface area contributed by atoms with Crippen LogP contribution in [0, 0.1) is 23.0 Å². The molecule has 23 heavy (non-hydrogen) atoms. The van der Waals surface area contributed by atoms with E-state index in [-0.39, 0.29) is 11.3 Å². The van der Waals surface area contributed by atoms with E-state index in [0.717, 1.165) is 12.8 Å². The van der Waals surface area contributed by atoms with Crippen LogP contribution < -0.4 is 5.32 Å². The van der Waals surface area contributed by atoms with E-state index in [4.69, 9.17) is 0 Å². The summed E-state index contributed by atoms with van der Waals surface area (Å²) in [5.74, 6) is -2.05. The first-order valence-corrected chi connectivity index (χ1v) is 7.55. The predicted molar refractivity (Wildman–Crippen MR) is 83.3 cm³/mol. The van der Waals surface area contributed by atoms with Gasteiger partial charge in [0.1, 0.15) is 0 Å². The van der Waals surface area contributed by atoms with Gasteiger partial charge < -0.3 is 10.4 Å². The van der Waals surface area contributed by atoms with Gasteiger partial charge in [0.05, 0.1) is 16.4 Å². The molecule has 0 aromatic heterocycles. The Bertz CT molecular complexity index is 658. The van der Waals surface area contributed by atoms with E-state index in [1.54, 1.807) is 13.8 Å². The minimum atomic E-state index is -0.928. The van der Waals surface area contributed by atoms with Crippen LogP contribution >= 0.6 is 0 Å². The second-order valence-electron chi connectivity index (χ2n) is 6.26. The summed E-state index contributed by atoms with van der Waals surface area (Å²) in [5.41, 5.74) is -0.197. The van der Waals surface area contributed by atoms with Crippen LogP contribution in [-0.4, -0.2) is 27.4 Å². The molecule has 1 fully saturated rings. The number of aliphatic carboxylic acids is 1. The van der Waals surface area contributed by atoms with Crippen LogP contribution in [-0.2, 0) is 4.79 Å². The molecular weight excluding hydrogens is 300 g/mol. The van der Waals surface area contributed by atoms with Crippen molar-refractivity contribution < 1.29 is 19.6 Å². The molecule has 1 aromatic carbocycles. The van der Waals surface area contributed by atoms with E-state index < -0.39 is 28.3 Å². The van der Waals surface area contributed by atoms with Crippen molar-refractivity contribution in [3.05, 3.63) is 39.4 Å². The number of hydrogen-bond donors (Lipinski definition) is 2. The lowest BCUT2D eigenvalue weighted by Crippen LogP contribution is -2.55. The van der Waals surface area contributed by atoms with Gasteiger partial charge in [-0.25, -0.2) is 0 Å². The number of benzene rings is 1. The summed E-state index contributed by atoms with van der Waals surface area (Å²) in [6.07, 6.45) is 2.75. The highest BCUT2D eigenvalue weighted by atomic mass is 16.6. The van der Waals surface area contributed by atoms with Crippen LogP contribution in [0.3, 0.4) is 0 Å². The lowest BCUT2D eigenvalue weighted by molar-refractivity contribution is -0.384. The molecule has 2 atom stereocenters. The number of aryl methyl sites for hydroxylation is 1. The summed E-state index contributed by atoms with van der Waals surface area (Å²) in [6.45, 7) is 3.42. The number of nitro groups is 1. The third-order valence-corrected chi connectivity index (χ3v) is 4.58. The maximum atomic E-state index is 12.6. The smallest absolute Gasteiger partial charge is 0.308 e. The molecule has 0 aliphatic heterocycles. The third-order valence-electron chi connectivity index (χ3n) is 4.58. The van der Waals surface area contributed by atoms with Gasteiger partial charge in [-0.15, -0.1) is 0 Å². The number of non-ortho nitro benzene ring substituents is 1. The van der Waals surface area contributed by atoms with Gasteiger partial charge in [-0.1, -0.05) is 18.9 Å². The number of hydrogen-bond acceptors (Lipinski definition) is 4. The minimum absolute atomic E-state index is 0.163. The fourth-order valence-corrected chi connectivity index (χ4v) is 3.17. The predicted octanol–water partition coefficient (Wildman–Crippen LogP) is 2.67. The monoisotopic (exact) mass is 320 g/mol. The van der Waals surface area contributed by atoms with Crippen molar-refractivity contribution >= 4 is 17.6 Å². The normalized spacial score (nSPS) is 24.0. The van der Waals surface area contributed by atoms with Gasteiger partial charge in [0.2, 0.25) is 0 Å². The van der Waals surface area contributed by atoms with Crippen LogP contribution in [0.25, 0.3) is 0 Å². The van der Waals surface area contributed by atoms with Crippen molar-refractivity contribution in [3.8, 4) is 0 Å². The second-order valence-corrected chi connectivity index (χ2v) is 6.26. The fourth-order valence-electron chi connectivity index (χ4n) is 3.17. The van der Waals surface area contributed by atoms with Gasteiger partial charge in [-0.2, -0.15) is 0 Å². The average molecular weight is 320 g/mol. The first-order valence-electron chi connectivity index (χ1n) is 7.55. The highest BCUT2D eigenvalue weighted by molar-refractivity contribution is 5.97. The lowest BCUT2D eigenvalue weighted by atomic mass is 9.73. The molecule has 2 rings (SSSR count). The highest BCUT2D eigenvalue weighted by Crippen LogP contribution is 2.34. The first kappa shape index (κ1) is 16.9. The number of nitrogens with one attached hydrogen (secondary N) is 1. The van der Waals surface area contributed by atoms with E-state index in [1.165, 1.54) is 18.2 Å². The summed E-state index contributed by atoms with van der Waals surface area (Å²) in [7, 11) is 0. The molecule has 0 bridgehead atoms. The number of rotatable bonds is 4. The van der Waals surface area contributed by atoms with Crippen LogP contribution in [0.5, 0.6) is 0 Å². The Morgan fingerprint density at radius 1 is 1.39 bits per heavy atom. The molecule has 7 nitrogen and oxygen atoms in total. The molecule has 0 spiro atoms. The second kappa shape index (κ2) is 6.36. The number of amides is 1. The van der Waals surface area contributed by atoms with Crippen molar-refractivity contribution in [1.82, 2.24) is 5.32 Å². The van der Waals surface area contributed by atoms with Gasteiger partial charge in [0.15, 0.2) is 0 Å². The largest absolute Gasteiger partial charge is 0.481 e. The summed E-state index contributed by atoms with van der Waals surface area (Å²) < 4.78 is 0. The molecular formula is C16H20N2O5. The number of carbonyl (C=O) groups excluding carboxylic acids is 1. The van der Waals surface area contributed by atoms with Gasteiger partial charge >= 0.3 is 5.97 Å². The molecule has 124 valence electrons. The zero-order valence-electron chi connectivity index (χ0n) is 13.2. The summed E-state index contributed by atoms with van der Waals surface area (Å²) in [6, 6.07) is 4.09. The topological polar surface area (TPSA) is 110 Å². The minimum Gasteiger partial charge on any atom is -0.481 e. The molecule has 2 N–H and O–H groups in total. The van der Waals surface area contributed by atoms with E-state index >= 15 is 0 Å². The Morgan fingerprint density at radius 2 is 2.09 bits per heavy atom. The van der Waals surface area contributed by atoms with Crippen LogP contribution in [0.1, 0.15) is 48.5 Å². The number of carboxylic acid groups (broad SMARTS) is 1. The van der Waals surface area contributed by atoms with Crippen molar-refractivity contribution in [2.75, 3.05) is 0 Å². The lowest BCUT2D eigenvalue weighted by Gasteiger charge is -2.39.